The molecule has 0 unspecified atom stereocenters. The van der Waals surface area contributed by atoms with Crippen molar-refractivity contribution in [3.05, 3.63) is 71.8 Å². The highest BCUT2D eigenvalue weighted by molar-refractivity contribution is 7.84. The van der Waals surface area contributed by atoms with E-state index in [1.165, 1.54) is 13.8 Å². The summed E-state index contributed by atoms with van der Waals surface area (Å²) in [6.07, 6.45) is -4.72. The minimum absolute atomic E-state index is 0.00629. The van der Waals surface area contributed by atoms with Crippen molar-refractivity contribution in [2.75, 3.05) is 6.54 Å². The van der Waals surface area contributed by atoms with Crippen LogP contribution in [0.2, 0.25) is 0 Å². The van der Waals surface area contributed by atoms with Gasteiger partial charge in [0.25, 0.3) is 0 Å². The molecule has 210 valence electrons. The lowest BCUT2D eigenvalue weighted by atomic mass is 9.83. The number of hydrogen-bond acceptors (Lipinski definition) is 10. The van der Waals surface area contributed by atoms with Crippen molar-refractivity contribution in [3.63, 3.8) is 0 Å². The summed E-state index contributed by atoms with van der Waals surface area (Å²) >= 11 is 0. The highest BCUT2D eigenvalue weighted by Gasteiger charge is 2.59. The second kappa shape index (κ2) is 13.1. The smallest absolute Gasteiger partial charge is 0.460 e. The summed E-state index contributed by atoms with van der Waals surface area (Å²) in [6, 6.07) is 16.2. The molecule has 14 heteroatoms. The predicted molar refractivity (Wildman–Crippen MR) is 133 cm³/mol. The third-order valence-corrected chi connectivity index (χ3v) is 6.69. The Morgan fingerprint density at radius 3 is 1.97 bits per heavy atom. The molecule has 39 heavy (non-hydrogen) atoms. The summed E-state index contributed by atoms with van der Waals surface area (Å²) in [4.78, 5) is 48.8. The number of carbonyl (C=O) groups is 4. The van der Waals surface area contributed by atoms with Gasteiger partial charge in [0.1, 0.15) is 43.9 Å². The Labute approximate surface area is 224 Å². The average Bonchev–Trinajstić information content (AvgIpc) is 2.88. The second-order valence-electron chi connectivity index (χ2n) is 8.59. The van der Waals surface area contributed by atoms with Gasteiger partial charge in [-0.2, -0.15) is 8.42 Å². The van der Waals surface area contributed by atoms with Gasteiger partial charge in [-0.05, 0) is 25.0 Å². The molecule has 2 aromatic carbocycles. The maximum Gasteiger partial charge on any atom is 0.508 e. The minimum atomic E-state index is -5.02. The maximum absolute atomic E-state index is 12.6. The molecule has 1 aliphatic rings. The van der Waals surface area contributed by atoms with Crippen LogP contribution in [0.3, 0.4) is 0 Å². The number of benzene rings is 2. The quantitative estimate of drug-likeness (QED) is 0.177. The van der Waals surface area contributed by atoms with Crippen molar-refractivity contribution >= 4 is 34.4 Å². The lowest BCUT2D eigenvalue weighted by Crippen LogP contribution is -2.70. The number of alkyl carbamates (subject to hydrolysis) is 1. The Bertz CT molecular complexity index is 1270. The van der Waals surface area contributed by atoms with Crippen LogP contribution < -0.4 is 5.32 Å². The first-order chi connectivity index (χ1) is 18.5. The van der Waals surface area contributed by atoms with Crippen molar-refractivity contribution in [2.24, 2.45) is 5.92 Å². The van der Waals surface area contributed by atoms with Gasteiger partial charge in [-0.15, -0.1) is 0 Å². The number of rotatable bonds is 11. The number of ether oxygens (including phenoxy) is 4. The molecular weight excluding hydrogens is 536 g/mol. The van der Waals surface area contributed by atoms with Gasteiger partial charge in [-0.25, -0.2) is 13.9 Å². The van der Waals surface area contributed by atoms with E-state index in [2.05, 4.69) is 5.32 Å². The molecular formula is C25H28N2O11S. The van der Waals surface area contributed by atoms with E-state index in [4.69, 9.17) is 18.9 Å². The number of hydrogen-bond donors (Lipinski definition) is 2. The van der Waals surface area contributed by atoms with Gasteiger partial charge in [0.2, 0.25) is 5.91 Å². The lowest BCUT2D eigenvalue weighted by Gasteiger charge is -2.47. The zero-order valence-corrected chi connectivity index (χ0v) is 21.9. The molecule has 0 saturated carbocycles. The van der Waals surface area contributed by atoms with E-state index in [0.717, 1.165) is 5.56 Å². The fraction of sp³-hybridized carbons (Fsp3) is 0.360. The topological polar surface area (TPSA) is 175 Å². The SMILES string of the molecule is C[C@H](OC(=O)NCC(=O)OCc1ccccc1)[C@@H]1[C@@H]([C@@H](C)OC(=O)OCc2ccccc2)C(=O)N1S(=O)(=O)O. The normalized spacial score (nSPS) is 18.2. The van der Waals surface area contributed by atoms with E-state index in [-0.39, 0.29) is 17.5 Å². The second-order valence-corrected chi connectivity index (χ2v) is 9.87. The summed E-state index contributed by atoms with van der Waals surface area (Å²) in [6.45, 7) is 1.96. The van der Waals surface area contributed by atoms with Crippen molar-refractivity contribution in [3.8, 4) is 0 Å². The van der Waals surface area contributed by atoms with Crippen molar-refractivity contribution < 1.29 is 51.1 Å². The number of carbonyl (C=O) groups excluding carboxylic acids is 4. The summed E-state index contributed by atoms with van der Waals surface area (Å²) < 4.78 is 53.5. The molecule has 2 amide bonds. The van der Waals surface area contributed by atoms with Crippen LogP contribution >= 0.6 is 0 Å². The van der Waals surface area contributed by atoms with Crippen molar-refractivity contribution in [1.29, 1.82) is 0 Å². The molecule has 2 N–H and O–H groups in total. The standard InChI is InChI=1S/C25H28N2O11S/c1-16(38-25(31)36-15-19-11-7-4-8-12-19)21-22(27(23(21)29)39(32,33)34)17(2)37-24(30)26-13-20(28)35-14-18-9-5-3-6-10-18/h3-12,16-17,21-22H,13-15H2,1-2H3,(H,26,30)(H,32,33,34)/t16-,17+,21-,22-/m1/s1. The first-order valence-corrected chi connectivity index (χ1v) is 13.2. The number of nitrogens with zero attached hydrogens (tertiary/aromatic N) is 1. The first-order valence-electron chi connectivity index (χ1n) is 11.8. The Morgan fingerprint density at radius 1 is 0.897 bits per heavy atom. The van der Waals surface area contributed by atoms with E-state index in [0.29, 0.717) is 5.56 Å². The number of nitrogens with one attached hydrogen (secondary N) is 1. The van der Waals surface area contributed by atoms with Crippen LogP contribution in [-0.2, 0) is 52.1 Å². The highest BCUT2D eigenvalue weighted by atomic mass is 32.2. The van der Waals surface area contributed by atoms with Gasteiger partial charge in [0.05, 0.1) is 0 Å². The third kappa shape index (κ3) is 8.15. The number of β-lactam (4-membered cyclic amide) rings is 1. The minimum Gasteiger partial charge on any atom is -0.460 e. The van der Waals surface area contributed by atoms with Crippen LogP contribution in [-0.4, -0.2) is 66.2 Å². The molecule has 0 bridgehead atoms. The Hall–Kier alpha value is -4.17. The Balaban J connectivity index is 1.54. The van der Waals surface area contributed by atoms with E-state index >= 15 is 0 Å². The maximum atomic E-state index is 12.6. The van der Waals surface area contributed by atoms with Gasteiger partial charge in [0.15, 0.2) is 0 Å². The molecule has 3 rings (SSSR count). The van der Waals surface area contributed by atoms with Crippen LogP contribution in [0.4, 0.5) is 9.59 Å². The largest absolute Gasteiger partial charge is 0.508 e. The monoisotopic (exact) mass is 564 g/mol. The molecule has 1 fully saturated rings. The van der Waals surface area contributed by atoms with Crippen LogP contribution in [0.25, 0.3) is 0 Å². The van der Waals surface area contributed by atoms with Crippen LogP contribution in [0.5, 0.6) is 0 Å². The average molecular weight is 565 g/mol. The van der Waals surface area contributed by atoms with Crippen LogP contribution in [0.1, 0.15) is 25.0 Å². The van der Waals surface area contributed by atoms with E-state index in [9.17, 15) is 32.1 Å². The molecule has 1 aliphatic heterocycles. The summed E-state index contributed by atoms with van der Waals surface area (Å²) in [5.41, 5.74) is 1.43. The molecule has 0 radical (unpaired) electrons. The summed E-state index contributed by atoms with van der Waals surface area (Å²) in [7, 11) is -5.02. The number of esters is 1. The molecule has 2 aromatic rings. The van der Waals surface area contributed by atoms with Gasteiger partial charge in [0, 0.05) is 0 Å². The first kappa shape index (κ1) is 29.4. The third-order valence-electron chi connectivity index (χ3n) is 5.77. The highest BCUT2D eigenvalue weighted by Crippen LogP contribution is 2.36. The Kier molecular flexibility index (Phi) is 9.84. The fourth-order valence-electron chi connectivity index (χ4n) is 3.92. The molecule has 13 nitrogen and oxygen atoms in total. The zero-order chi connectivity index (χ0) is 28.6. The van der Waals surface area contributed by atoms with E-state index in [1.807, 2.05) is 0 Å². The van der Waals surface area contributed by atoms with Crippen LogP contribution in [0, 0.1) is 5.92 Å². The molecule has 0 spiro atoms. The van der Waals surface area contributed by atoms with E-state index < -0.39 is 65.1 Å². The van der Waals surface area contributed by atoms with Crippen molar-refractivity contribution in [1.82, 2.24) is 9.62 Å². The van der Waals surface area contributed by atoms with Crippen molar-refractivity contribution in [2.45, 2.75) is 45.3 Å². The van der Waals surface area contributed by atoms with Gasteiger partial charge in [-0.1, -0.05) is 60.7 Å². The summed E-state index contributed by atoms with van der Waals surface area (Å²) in [5.74, 6) is -3.10. The summed E-state index contributed by atoms with van der Waals surface area (Å²) in [5, 5.41) is 2.17. The zero-order valence-electron chi connectivity index (χ0n) is 21.1. The van der Waals surface area contributed by atoms with Gasteiger partial charge >= 0.3 is 28.5 Å². The molecule has 1 saturated heterocycles. The molecule has 4 atom stereocenters. The fourth-order valence-corrected chi connectivity index (χ4v) is 4.88. The van der Waals surface area contributed by atoms with Gasteiger partial charge < -0.3 is 24.3 Å². The Morgan fingerprint density at radius 2 is 1.44 bits per heavy atom. The number of amides is 2. The molecule has 1 heterocycles. The van der Waals surface area contributed by atoms with E-state index in [1.54, 1.807) is 60.7 Å². The van der Waals surface area contributed by atoms with Crippen LogP contribution in [0.15, 0.2) is 60.7 Å². The predicted octanol–water partition coefficient (Wildman–Crippen LogP) is 2.22. The molecule has 0 aromatic heterocycles. The molecule has 0 aliphatic carbocycles. The van der Waals surface area contributed by atoms with Gasteiger partial charge in [-0.3, -0.25) is 14.1 Å². The lowest BCUT2D eigenvalue weighted by molar-refractivity contribution is -0.161.